The second-order valence-corrected chi connectivity index (χ2v) is 9.31. The first kappa shape index (κ1) is 26.2. The number of rotatable bonds is 9. The van der Waals surface area contributed by atoms with Gasteiger partial charge in [-0.2, -0.15) is 0 Å². The van der Waals surface area contributed by atoms with Gasteiger partial charge in [0.25, 0.3) is 5.91 Å². The quantitative estimate of drug-likeness (QED) is 0.347. The highest BCUT2D eigenvalue weighted by Crippen LogP contribution is 2.28. The molecule has 3 rings (SSSR count). The Balaban J connectivity index is 1.66. The molecule has 12 heteroatoms. The lowest BCUT2D eigenvalue weighted by atomic mass is 10.2. The third-order valence-corrected chi connectivity index (χ3v) is 6.49. The van der Waals surface area contributed by atoms with Crippen molar-refractivity contribution in [2.75, 3.05) is 18.2 Å². The average Bonchev–Trinajstić information content (AvgIpc) is 3.21. The molecule has 0 fully saturated rings. The van der Waals surface area contributed by atoms with E-state index in [2.05, 4.69) is 20.8 Å². The summed E-state index contributed by atoms with van der Waals surface area (Å²) in [6.45, 7) is 4.28. The lowest BCUT2D eigenvalue weighted by molar-refractivity contribution is -0.113. The minimum absolute atomic E-state index is 0.0922. The molecule has 8 nitrogen and oxygen atoms in total. The van der Waals surface area contributed by atoms with Crippen molar-refractivity contribution < 1.29 is 14.3 Å². The summed E-state index contributed by atoms with van der Waals surface area (Å²) in [4.78, 5) is 25.2. The predicted molar refractivity (Wildman–Crippen MR) is 135 cm³/mol. The molecular weight excluding hydrogens is 521 g/mol. The number of carbonyl (C=O) groups is 2. The Morgan fingerprint density at radius 3 is 2.50 bits per heavy atom. The molecule has 0 unspecified atom stereocenters. The topological polar surface area (TPSA) is 98.1 Å². The molecule has 1 heterocycles. The number of hydrogen-bond donors (Lipinski definition) is 2. The molecule has 0 aliphatic rings. The summed E-state index contributed by atoms with van der Waals surface area (Å²) in [5.74, 6) is 0.544. The van der Waals surface area contributed by atoms with Crippen LogP contribution in [0.15, 0.2) is 41.6 Å². The van der Waals surface area contributed by atoms with Crippen LogP contribution in [0.5, 0.6) is 5.75 Å². The van der Waals surface area contributed by atoms with Crippen molar-refractivity contribution in [3.05, 3.63) is 62.9 Å². The first-order valence-electron chi connectivity index (χ1n) is 10.2. The Bertz CT molecular complexity index is 1200. The van der Waals surface area contributed by atoms with Crippen molar-refractivity contribution in [3.63, 3.8) is 0 Å². The molecule has 2 N–H and O–H groups in total. The average molecular weight is 543 g/mol. The Morgan fingerprint density at radius 1 is 1.12 bits per heavy atom. The molecule has 2 amide bonds. The molecule has 1 aromatic heterocycles. The van der Waals surface area contributed by atoms with Crippen LogP contribution in [0.4, 0.5) is 5.69 Å². The van der Waals surface area contributed by atoms with Gasteiger partial charge < -0.3 is 19.9 Å². The van der Waals surface area contributed by atoms with Crippen LogP contribution in [-0.2, 0) is 11.3 Å². The second kappa shape index (κ2) is 11.8. The summed E-state index contributed by atoms with van der Waals surface area (Å²) < 4.78 is 7.09. The fourth-order valence-electron chi connectivity index (χ4n) is 3.13. The summed E-state index contributed by atoms with van der Waals surface area (Å²) in [7, 11) is 1.51. The van der Waals surface area contributed by atoms with Crippen LogP contribution < -0.4 is 15.4 Å². The fourth-order valence-corrected chi connectivity index (χ4v) is 4.61. The van der Waals surface area contributed by atoms with E-state index >= 15 is 0 Å². The van der Waals surface area contributed by atoms with Gasteiger partial charge in [0.15, 0.2) is 11.0 Å². The monoisotopic (exact) mass is 541 g/mol. The molecule has 1 atom stereocenters. The van der Waals surface area contributed by atoms with Gasteiger partial charge in [-0.15, -0.1) is 10.2 Å². The highest BCUT2D eigenvalue weighted by Gasteiger charge is 2.21. The molecule has 0 spiro atoms. The summed E-state index contributed by atoms with van der Waals surface area (Å²) in [5, 5.41) is 15.8. The van der Waals surface area contributed by atoms with Gasteiger partial charge in [-0.05, 0) is 50.2 Å². The van der Waals surface area contributed by atoms with E-state index in [4.69, 9.17) is 39.5 Å². The molecule has 34 heavy (non-hydrogen) atoms. The number of aromatic nitrogens is 3. The molecule has 2 aromatic carbocycles. The van der Waals surface area contributed by atoms with E-state index in [1.54, 1.807) is 37.3 Å². The Hall–Kier alpha value is -2.46. The van der Waals surface area contributed by atoms with Crippen molar-refractivity contribution in [3.8, 4) is 5.75 Å². The van der Waals surface area contributed by atoms with Crippen molar-refractivity contribution in [2.24, 2.45) is 0 Å². The van der Waals surface area contributed by atoms with Crippen LogP contribution in [0.1, 0.15) is 36.1 Å². The molecule has 180 valence electrons. The van der Waals surface area contributed by atoms with Crippen LogP contribution in [0.25, 0.3) is 0 Å². The van der Waals surface area contributed by atoms with Crippen molar-refractivity contribution in [2.45, 2.75) is 31.6 Å². The number of anilines is 1. The van der Waals surface area contributed by atoms with Gasteiger partial charge in [-0.1, -0.05) is 46.6 Å². The third kappa shape index (κ3) is 6.35. The predicted octanol–water partition coefficient (Wildman–Crippen LogP) is 5.49. The van der Waals surface area contributed by atoms with Crippen LogP contribution >= 0.6 is 46.6 Å². The maximum atomic E-state index is 12.7. The molecule has 0 saturated heterocycles. The maximum Gasteiger partial charge on any atom is 0.253 e. The highest BCUT2D eigenvalue weighted by molar-refractivity contribution is 7.99. The molecule has 0 saturated carbocycles. The molecule has 0 aliphatic carbocycles. The molecule has 3 aromatic rings. The lowest BCUT2D eigenvalue weighted by Crippen LogP contribution is -2.29. The van der Waals surface area contributed by atoms with Crippen LogP contribution in [0, 0.1) is 0 Å². The first-order valence-corrected chi connectivity index (χ1v) is 12.3. The van der Waals surface area contributed by atoms with Gasteiger partial charge in [0, 0.05) is 16.6 Å². The zero-order chi connectivity index (χ0) is 24.8. The van der Waals surface area contributed by atoms with E-state index < -0.39 is 6.04 Å². The summed E-state index contributed by atoms with van der Waals surface area (Å²) in [6.07, 6.45) is 0. The van der Waals surface area contributed by atoms with Crippen molar-refractivity contribution in [1.82, 2.24) is 20.1 Å². The second-order valence-electron chi connectivity index (χ2n) is 7.09. The van der Waals surface area contributed by atoms with Gasteiger partial charge >= 0.3 is 0 Å². The number of ether oxygens (including phenoxy) is 1. The number of amides is 2. The van der Waals surface area contributed by atoms with Gasteiger partial charge in [0.2, 0.25) is 5.91 Å². The molecule has 0 aliphatic heterocycles. The largest absolute Gasteiger partial charge is 0.495 e. The van der Waals surface area contributed by atoms with E-state index in [9.17, 15) is 9.59 Å². The van der Waals surface area contributed by atoms with E-state index in [0.717, 1.165) is 0 Å². The van der Waals surface area contributed by atoms with Gasteiger partial charge in [0.05, 0.1) is 35.2 Å². The number of nitrogens with one attached hydrogen (secondary N) is 2. The number of benzene rings is 2. The van der Waals surface area contributed by atoms with E-state index in [1.165, 1.54) is 24.9 Å². The normalized spacial score (nSPS) is 11.7. The van der Waals surface area contributed by atoms with Crippen LogP contribution in [0.3, 0.4) is 0 Å². The zero-order valence-electron chi connectivity index (χ0n) is 18.6. The fraction of sp³-hybridized carbons (Fsp3) is 0.273. The summed E-state index contributed by atoms with van der Waals surface area (Å²) >= 11 is 19.3. The maximum absolute atomic E-state index is 12.7. The van der Waals surface area contributed by atoms with E-state index in [-0.39, 0.29) is 22.6 Å². The minimum Gasteiger partial charge on any atom is -0.495 e. The molecule has 0 radical (unpaired) electrons. The Labute approximate surface area is 216 Å². The van der Waals surface area contributed by atoms with E-state index in [1.807, 2.05) is 11.5 Å². The van der Waals surface area contributed by atoms with Gasteiger partial charge in [-0.25, -0.2) is 0 Å². The smallest absolute Gasteiger partial charge is 0.253 e. The van der Waals surface area contributed by atoms with Crippen molar-refractivity contribution in [1.29, 1.82) is 0 Å². The third-order valence-electron chi connectivity index (χ3n) is 4.74. The number of hydrogen-bond acceptors (Lipinski definition) is 6. The summed E-state index contributed by atoms with van der Waals surface area (Å²) in [5.41, 5.74) is 0.790. The molecular formula is C22H22Cl3N5O3S. The number of nitrogens with zero attached hydrogens (tertiary/aromatic N) is 3. The van der Waals surface area contributed by atoms with Crippen LogP contribution in [-0.4, -0.2) is 39.4 Å². The Kier molecular flexibility index (Phi) is 9.07. The lowest BCUT2D eigenvalue weighted by Gasteiger charge is -2.15. The first-order chi connectivity index (χ1) is 16.2. The number of thioether (sulfide) groups is 1. The number of carbonyl (C=O) groups excluding carboxylic acids is 2. The number of methoxy groups -OCH3 is 1. The molecule has 0 bridgehead atoms. The van der Waals surface area contributed by atoms with Crippen molar-refractivity contribution >= 4 is 64.1 Å². The number of halogens is 3. The van der Waals surface area contributed by atoms with E-state index in [0.29, 0.717) is 44.6 Å². The standard InChI is InChI=1S/C22H22Cl3N5O3S/c1-4-30-20(12(2)26-21(32)15-7-5-13(23)9-16(15)25)28-29-22(30)34-11-19(31)27-17-10-14(24)6-8-18(17)33-3/h5-10,12H,4,11H2,1-3H3,(H,26,32)(H,27,31)/t12-/m1/s1. The summed E-state index contributed by atoms with van der Waals surface area (Å²) in [6, 6.07) is 9.19. The van der Waals surface area contributed by atoms with Crippen LogP contribution in [0.2, 0.25) is 15.1 Å². The zero-order valence-corrected chi connectivity index (χ0v) is 21.6. The Morgan fingerprint density at radius 2 is 1.82 bits per heavy atom. The van der Waals surface area contributed by atoms with Gasteiger partial charge in [0.1, 0.15) is 5.75 Å². The SMILES string of the molecule is CCn1c(SCC(=O)Nc2cc(Cl)ccc2OC)nnc1[C@@H](C)NC(=O)c1ccc(Cl)cc1Cl. The minimum atomic E-state index is -0.453. The van der Waals surface area contributed by atoms with Gasteiger partial charge in [-0.3, -0.25) is 9.59 Å². The highest BCUT2D eigenvalue weighted by atomic mass is 35.5.